The lowest BCUT2D eigenvalue weighted by atomic mass is 10.2. The van der Waals surface area contributed by atoms with Gasteiger partial charge < -0.3 is 20.8 Å². The molecule has 0 aliphatic heterocycles. The van der Waals surface area contributed by atoms with Gasteiger partial charge in [-0.25, -0.2) is 0 Å². The first kappa shape index (κ1) is 20.0. The molecule has 0 fully saturated rings. The van der Waals surface area contributed by atoms with Gasteiger partial charge in [0.15, 0.2) is 5.76 Å². The minimum Gasteiger partial charge on any atom is -0.459 e. The Kier molecular flexibility index (Phi) is 7.78. The molecule has 1 aromatic heterocycles. The van der Waals surface area contributed by atoms with Gasteiger partial charge >= 0.3 is 0 Å². The molecule has 0 saturated carbocycles. The molecule has 4 N–H and O–H groups in total. The number of furan rings is 1. The normalized spacial score (nSPS) is 11.3. The molecule has 1 atom stereocenters. The van der Waals surface area contributed by atoms with Crippen molar-refractivity contribution in [2.24, 2.45) is 5.73 Å². The highest BCUT2D eigenvalue weighted by atomic mass is 35.5. The molecule has 2 amide bonds. The number of nitrogens with one attached hydrogen (secondary N) is 2. The van der Waals surface area contributed by atoms with E-state index >= 15 is 0 Å². The number of benzene rings is 1. The van der Waals surface area contributed by atoms with Crippen LogP contribution in [0.2, 0.25) is 5.02 Å². The number of carbonyl (C=O) groups is 2. The van der Waals surface area contributed by atoms with E-state index in [-0.39, 0.29) is 30.1 Å². The number of anilines is 2. The van der Waals surface area contributed by atoms with Crippen molar-refractivity contribution in [2.45, 2.75) is 25.8 Å². The van der Waals surface area contributed by atoms with E-state index < -0.39 is 5.91 Å². The van der Waals surface area contributed by atoms with Gasteiger partial charge in [-0.3, -0.25) is 9.59 Å². The van der Waals surface area contributed by atoms with Crippen molar-refractivity contribution in [3.05, 3.63) is 47.4 Å². The van der Waals surface area contributed by atoms with Crippen molar-refractivity contribution in [3.8, 4) is 0 Å². The van der Waals surface area contributed by atoms with E-state index in [0.717, 1.165) is 0 Å². The fraction of sp³-hybridized carbons (Fsp3) is 0.250. The van der Waals surface area contributed by atoms with Gasteiger partial charge in [-0.2, -0.15) is 0 Å². The summed E-state index contributed by atoms with van der Waals surface area (Å²) >= 11 is 5.96. The van der Waals surface area contributed by atoms with Crippen LogP contribution in [0.25, 0.3) is 0 Å². The largest absolute Gasteiger partial charge is 0.459 e. The van der Waals surface area contributed by atoms with Crippen molar-refractivity contribution in [1.82, 2.24) is 0 Å². The summed E-state index contributed by atoms with van der Waals surface area (Å²) in [6.07, 6.45) is 2.28. The zero-order valence-electron chi connectivity index (χ0n) is 13.0. The second-order valence-electron chi connectivity index (χ2n) is 5.19. The number of hydrogen-bond donors (Lipinski definition) is 3. The highest BCUT2D eigenvalue weighted by Crippen LogP contribution is 2.26. The van der Waals surface area contributed by atoms with Crippen LogP contribution < -0.4 is 16.4 Å². The maximum Gasteiger partial charge on any atom is 0.291 e. The van der Waals surface area contributed by atoms with E-state index in [2.05, 4.69) is 10.6 Å². The zero-order valence-corrected chi connectivity index (χ0v) is 14.6. The van der Waals surface area contributed by atoms with Crippen LogP contribution >= 0.6 is 24.0 Å². The van der Waals surface area contributed by atoms with Crippen LogP contribution in [0.1, 0.15) is 30.3 Å². The first-order chi connectivity index (χ1) is 11.0. The molecule has 8 heteroatoms. The Hall–Kier alpha value is -2.02. The number of nitrogens with two attached hydrogens (primary N) is 1. The van der Waals surface area contributed by atoms with Crippen molar-refractivity contribution >= 4 is 47.2 Å². The maximum atomic E-state index is 12.1. The Morgan fingerprint density at radius 3 is 2.62 bits per heavy atom. The van der Waals surface area contributed by atoms with E-state index in [4.69, 9.17) is 21.8 Å². The summed E-state index contributed by atoms with van der Waals surface area (Å²) in [5.74, 6) is -0.444. The highest BCUT2D eigenvalue weighted by molar-refractivity contribution is 6.31. The van der Waals surface area contributed by atoms with Crippen LogP contribution in [0.15, 0.2) is 41.0 Å². The molecular weight excluding hydrogens is 353 g/mol. The van der Waals surface area contributed by atoms with Gasteiger partial charge in [-0.05, 0) is 43.7 Å². The fourth-order valence-electron chi connectivity index (χ4n) is 1.89. The first-order valence-electron chi connectivity index (χ1n) is 7.15. The van der Waals surface area contributed by atoms with Crippen LogP contribution in [0.5, 0.6) is 0 Å². The van der Waals surface area contributed by atoms with Crippen molar-refractivity contribution in [3.63, 3.8) is 0 Å². The van der Waals surface area contributed by atoms with Crippen LogP contribution in [0.3, 0.4) is 0 Å². The highest BCUT2D eigenvalue weighted by Gasteiger charge is 2.13. The predicted molar refractivity (Wildman–Crippen MR) is 96.9 cm³/mol. The monoisotopic (exact) mass is 371 g/mol. The van der Waals surface area contributed by atoms with Gasteiger partial charge in [0.2, 0.25) is 5.91 Å². The van der Waals surface area contributed by atoms with Crippen LogP contribution in [-0.4, -0.2) is 17.9 Å². The Labute approximate surface area is 151 Å². The van der Waals surface area contributed by atoms with E-state index in [0.29, 0.717) is 29.2 Å². The summed E-state index contributed by atoms with van der Waals surface area (Å²) in [7, 11) is 0. The van der Waals surface area contributed by atoms with Crippen molar-refractivity contribution in [1.29, 1.82) is 0 Å². The van der Waals surface area contributed by atoms with Gasteiger partial charge in [0.05, 0.1) is 17.6 Å². The smallest absolute Gasteiger partial charge is 0.291 e. The number of carbonyl (C=O) groups excluding carboxylic acids is 2. The SMILES string of the molecule is CC(N)CCC(=O)Nc1ccc(Cl)cc1NC(=O)c1ccco1.Cl. The van der Waals surface area contributed by atoms with Gasteiger partial charge in [0.25, 0.3) is 5.91 Å². The Bertz CT molecular complexity index is 688. The van der Waals surface area contributed by atoms with E-state index in [1.54, 1.807) is 30.3 Å². The van der Waals surface area contributed by atoms with E-state index in [1.807, 2.05) is 6.92 Å². The molecule has 130 valence electrons. The molecule has 0 spiro atoms. The zero-order chi connectivity index (χ0) is 16.8. The molecule has 0 aliphatic rings. The Balaban J connectivity index is 0.00000288. The number of hydrogen-bond acceptors (Lipinski definition) is 4. The molecule has 24 heavy (non-hydrogen) atoms. The molecule has 1 heterocycles. The molecule has 6 nitrogen and oxygen atoms in total. The van der Waals surface area contributed by atoms with Crippen LogP contribution in [-0.2, 0) is 4.79 Å². The van der Waals surface area contributed by atoms with Crippen LogP contribution in [0.4, 0.5) is 11.4 Å². The summed E-state index contributed by atoms with van der Waals surface area (Å²) in [4.78, 5) is 24.0. The van der Waals surface area contributed by atoms with Crippen LogP contribution in [0, 0.1) is 0 Å². The third-order valence-corrected chi connectivity index (χ3v) is 3.31. The molecule has 0 saturated heterocycles. The summed E-state index contributed by atoms with van der Waals surface area (Å²) in [6.45, 7) is 1.84. The van der Waals surface area contributed by atoms with Gasteiger partial charge in [-0.1, -0.05) is 11.6 Å². The second-order valence-corrected chi connectivity index (χ2v) is 5.62. The molecule has 2 rings (SSSR count). The van der Waals surface area contributed by atoms with Gasteiger partial charge in [0, 0.05) is 17.5 Å². The Morgan fingerprint density at radius 1 is 1.25 bits per heavy atom. The fourth-order valence-corrected chi connectivity index (χ4v) is 2.06. The number of halogens is 2. The molecule has 1 unspecified atom stereocenters. The summed E-state index contributed by atoms with van der Waals surface area (Å²) in [5, 5.41) is 5.85. The molecule has 0 radical (unpaired) electrons. The lowest BCUT2D eigenvalue weighted by Gasteiger charge is -2.13. The second kappa shape index (κ2) is 9.32. The topological polar surface area (TPSA) is 97.4 Å². The van der Waals surface area contributed by atoms with Gasteiger partial charge in [-0.15, -0.1) is 12.4 Å². The average molecular weight is 372 g/mol. The molecule has 0 aliphatic carbocycles. The van der Waals surface area contributed by atoms with Crippen molar-refractivity contribution < 1.29 is 14.0 Å². The molecule has 2 aromatic rings. The summed E-state index contributed by atoms with van der Waals surface area (Å²) in [5.41, 5.74) is 6.50. The first-order valence-corrected chi connectivity index (χ1v) is 7.53. The van der Waals surface area contributed by atoms with Crippen molar-refractivity contribution in [2.75, 3.05) is 10.6 Å². The molecular formula is C16H19Cl2N3O3. The molecule has 0 bridgehead atoms. The molecule has 1 aromatic carbocycles. The number of amides is 2. The third kappa shape index (κ3) is 5.88. The van der Waals surface area contributed by atoms with Gasteiger partial charge in [0.1, 0.15) is 0 Å². The minimum atomic E-state index is -0.427. The average Bonchev–Trinajstić information content (AvgIpc) is 3.02. The maximum absolute atomic E-state index is 12.1. The quantitative estimate of drug-likeness (QED) is 0.721. The third-order valence-electron chi connectivity index (χ3n) is 3.08. The standard InChI is InChI=1S/C16H18ClN3O3.ClH/c1-10(18)4-7-15(21)19-12-6-5-11(17)9-13(12)20-16(22)14-3-2-8-23-14;/h2-3,5-6,8-10H,4,7,18H2,1H3,(H,19,21)(H,20,22);1H. The summed E-state index contributed by atoms with van der Waals surface area (Å²) < 4.78 is 5.04. The Morgan fingerprint density at radius 2 is 2.00 bits per heavy atom. The predicted octanol–water partition coefficient (Wildman–Crippen LogP) is 3.67. The lowest BCUT2D eigenvalue weighted by Crippen LogP contribution is -2.20. The lowest BCUT2D eigenvalue weighted by molar-refractivity contribution is -0.116. The minimum absolute atomic E-state index is 0. The summed E-state index contributed by atoms with van der Waals surface area (Å²) in [6, 6.07) is 7.92. The van der Waals surface area contributed by atoms with E-state index in [1.165, 1.54) is 6.26 Å². The number of rotatable bonds is 6. The van der Waals surface area contributed by atoms with E-state index in [9.17, 15) is 9.59 Å².